The first-order valence-corrected chi connectivity index (χ1v) is 17.6. The van der Waals surface area contributed by atoms with Gasteiger partial charge < -0.3 is 53.3 Å². The number of cyclic esters (lactones) is 1. The van der Waals surface area contributed by atoms with E-state index in [1.165, 1.54) is 27.4 Å². The van der Waals surface area contributed by atoms with Crippen LogP contribution in [-0.2, 0) is 44.6 Å². The van der Waals surface area contributed by atoms with Gasteiger partial charge in [0.05, 0.1) is 42.6 Å². The van der Waals surface area contributed by atoms with E-state index in [2.05, 4.69) is 5.32 Å². The quantitative estimate of drug-likeness (QED) is 0.318. The molecule has 0 aliphatic carbocycles. The van der Waals surface area contributed by atoms with Gasteiger partial charge in [0, 0.05) is 38.5 Å². The van der Waals surface area contributed by atoms with Crippen molar-refractivity contribution in [3.05, 3.63) is 24.2 Å². The third-order valence-corrected chi connectivity index (χ3v) is 10.6. The number of hydrogen-bond acceptors (Lipinski definition) is 13. The van der Waals surface area contributed by atoms with Crippen molar-refractivity contribution in [3.8, 4) is 0 Å². The van der Waals surface area contributed by atoms with Crippen LogP contribution in [0.15, 0.2) is 22.8 Å². The van der Waals surface area contributed by atoms with Gasteiger partial charge in [-0.3, -0.25) is 9.59 Å². The Morgan fingerprint density at radius 3 is 2.38 bits per heavy atom. The molecule has 2 aliphatic rings. The Balaban J connectivity index is 2.14. The highest BCUT2D eigenvalue weighted by Crippen LogP contribution is 2.39. The molecule has 50 heavy (non-hydrogen) atoms. The second-order valence-corrected chi connectivity index (χ2v) is 14.7. The molecule has 2 fully saturated rings. The van der Waals surface area contributed by atoms with Gasteiger partial charge in [0.15, 0.2) is 6.29 Å². The zero-order chi connectivity index (χ0) is 37.6. The van der Waals surface area contributed by atoms with E-state index in [-0.39, 0.29) is 43.7 Å². The third kappa shape index (κ3) is 9.84. The van der Waals surface area contributed by atoms with Crippen molar-refractivity contribution < 1.29 is 57.4 Å². The second kappa shape index (κ2) is 17.8. The number of esters is 1. The number of aliphatic hydroxyl groups excluding tert-OH is 1. The van der Waals surface area contributed by atoms with Crippen LogP contribution in [0.4, 0.5) is 4.79 Å². The van der Waals surface area contributed by atoms with Gasteiger partial charge in [-0.15, -0.1) is 0 Å². The van der Waals surface area contributed by atoms with Crippen LogP contribution in [0.5, 0.6) is 0 Å². The highest BCUT2D eigenvalue weighted by atomic mass is 16.7. The maximum absolute atomic E-state index is 14.0. The molecule has 3 N–H and O–H groups in total. The highest BCUT2D eigenvalue weighted by molar-refractivity contribution is 5.81. The Bertz CT molecular complexity index is 1240. The smallest absolute Gasteiger partial charge is 0.407 e. The molecule has 14 nitrogen and oxygen atoms in total. The summed E-state index contributed by atoms with van der Waals surface area (Å²) in [4.78, 5) is 43.0. The zero-order valence-electron chi connectivity index (χ0n) is 31.5. The molecule has 1 aromatic rings. The van der Waals surface area contributed by atoms with Crippen LogP contribution >= 0.6 is 0 Å². The first kappa shape index (κ1) is 41.8. The maximum atomic E-state index is 14.0. The number of nitrogens with zero attached hydrogens (tertiary/aromatic N) is 1. The van der Waals surface area contributed by atoms with E-state index in [4.69, 9.17) is 32.8 Å². The summed E-state index contributed by atoms with van der Waals surface area (Å²) in [5.74, 6) is -2.96. The Labute approximate surface area is 296 Å². The molecule has 286 valence electrons. The van der Waals surface area contributed by atoms with E-state index in [1.54, 1.807) is 46.8 Å². The monoisotopic (exact) mass is 712 g/mol. The van der Waals surface area contributed by atoms with Crippen molar-refractivity contribution >= 4 is 17.8 Å². The molecule has 2 saturated heterocycles. The Morgan fingerprint density at radius 2 is 1.82 bits per heavy atom. The number of methoxy groups -OCH3 is 2. The third-order valence-electron chi connectivity index (χ3n) is 10.6. The lowest BCUT2D eigenvalue weighted by molar-refractivity contribution is -0.301. The minimum Gasteiger partial charge on any atom is -0.467 e. The van der Waals surface area contributed by atoms with Crippen molar-refractivity contribution in [1.82, 2.24) is 10.2 Å². The number of likely N-dealkylation sites (N-methyl/N-ethyl adjacent to an activating group) is 1. The van der Waals surface area contributed by atoms with Crippen molar-refractivity contribution in [2.75, 3.05) is 28.3 Å². The van der Waals surface area contributed by atoms with E-state index in [0.717, 1.165) is 0 Å². The molecule has 3 heterocycles. The summed E-state index contributed by atoms with van der Waals surface area (Å²) >= 11 is 0. The van der Waals surface area contributed by atoms with E-state index >= 15 is 0 Å². The van der Waals surface area contributed by atoms with Gasteiger partial charge in [-0.05, 0) is 73.2 Å². The molecule has 14 heteroatoms. The molecular formula is C36H60N2O12. The summed E-state index contributed by atoms with van der Waals surface area (Å²) in [6.45, 7) is 12.0. The first-order chi connectivity index (χ1) is 23.4. The highest BCUT2D eigenvalue weighted by Gasteiger charge is 2.52. The predicted molar refractivity (Wildman–Crippen MR) is 182 cm³/mol. The summed E-state index contributed by atoms with van der Waals surface area (Å²) in [7, 11) is 6.62. The fourth-order valence-electron chi connectivity index (χ4n) is 7.35. The van der Waals surface area contributed by atoms with E-state index in [0.29, 0.717) is 12.2 Å². The summed E-state index contributed by atoms with van der Waals surface area (Å²) in [5, 5.41) is 25.8. The van der Waals surface area contributed by atoms with Crippen LogP contribution in [0, 0.1) is 17.8 Å². The number of nitrogens with one attached hydrogen (secondary N) is 1. The number of rotatable bonds is 9. The number of hydrogen-bond donors (Lipinski definition) is 3. The zero-order valence-corrected chi connectivity index (χ0v) is 31.5. The molecule has 0 unspecified atom stereocenters. The fourth-order valence-corrected chi connectivity index (χ4v) is 7.35. The van der Waals surface area contributed by atoms with E-state index in [1.807, 2.05) is 25.9 Å². The average Bonchev–Trinajstić information content (AvgIpc) is 3.59. The molecular weight excluding hydrogens is 652 g/mol. The van der Waals surface area contributed by atoms with Crippen LogP contribution in [0.2, 0.25) is 0 Å². The largest absolute Gasteiger partial charge is 0.467 e. The summed E-state index contributed by atoms with van der Waals surface area (Å²) < 4.78 is 42.0. The van der Waals surface area contributed by atoms with E-state index in [9.17, 15) is 24.6 Å². The SMILES string of the molecule is CC[C@H]1OC(=O)[C@H](C)[C@@H](OC(=O)NCc2ccco2)[C@H](C)[C@@H](O[C@@H]2O[C@H](C)C[C@H](N(C)C)[C@H]2O)[C@](C)(OC)C[C@@H](C)C(=O)C[C@@H](OC)[C@]1(C)O. The van der Waals surface area contributed by atoms with Crippen LogP contribution in [0.3, 0.4) is 0 Å². The number of carbonyl (C=O) groups is 3. The van der Waals surface area contributed by atoms with Gasteiger partial charge in [-0.25, -0.2) is 4.79 Å². The molecule has 13 atom stereocenters. The minimum absolute atomic E-state index is 0.0339. The molecule has 0 spiro atoms. The van der Waals surface area contributed by atoms with Gasteiger partial charge in [-0.2, -0.15) is 0 Å². The number of Topliss-reactive ketones (excluding diaryl/α,β-unsaturated/α-hetero) is 1. The molecule has 1 aromatic heterocycles. The van der Waals surface area contributed by atoms with Gasteiger partial charge in [-0.1, -0.05) is 20.8 Å². The molecule has 1 amide bonds. The molecule has 2 aliphatic heterocycles. The lowest BCUT2D eigenvalue weighted by atomic mass is 9.76. The van der Waals surface area contributed by atoms with Gasteiger partial charge in [0.1, 0.15) is 35.5 Å². The van der Waals surface area contributed by atoms with Crippen molar-refractivity contribution in [2.24, 2.45) is 17.8 Å². The minimum atomic E-state index is -1.73. The van der Waals surface area contributed by atoms with Crippen LogP contribution in [-0.4, -0.2) is 121 Å². The number of alkyl carbamates (subject to hydrolysis) is 1. The number of carbonyl (C=O) groups excluding carboxylic acids is 3. The van der Waals surface area contributed by atoms with Crippen LogP contribution in [0.1, 0.15) is 79.9 Å². The fraction of sp³-hybridized carbons (Fsp3) is 0.806. The lowest BCUT2D eigenvalue weighted by Crippen LogP contribution is -2.60. The number of amides is 1. The normalized spacial score (nSPS) is 39.4. The Kier molecular flexibility index (Phi) is 14.9. The number of ketones is 1. The van der Waals surface area contributed by atoms with Crippen molar-refractivity contribution in [3.63, 3.8) is 0 Å². The first-order valence-electron chi connectivity index (χ1n) is 17.6. The summed E-state index contributed by atoms with van der Waals surface area (Å²) in [6, 6.07) is 3.10. The summed E-state index contributed by atoms with van der Waals surface area (Å²) in [5.41, 5.74) is -2.98. The Morgan fingerprint density at radius 1 is 1.14 bits per heavy atom. The number of aliphatic hydroxyl groups is 2. The van der Waals surface area contributed by atoms with Crippen LogP contribution < -0.4 is 5.32 Å². The van der Waals surface area contributed by atoms with E-state index < -0.39 is 77.8 Å². The number of ether oxygens (including phenoxy) is 6. The standard InChI is InChI=1S/C36H60N2O12/c1-12-27-36(7,43)28(44-10)17-26(39)20(2)18-35(6,45-11)31(50-33-29(40)25(38(8)9)16-21(3)47-33)22(4)30(23(5)32(41)48-27)49-34(42)37-19-24-14-13-15-46-24/h13-15,20-23,25,27-31,33,40,43H,12,16-19H2,1-11H3,(H,37,42)/t20-,21-,22+,23-,25+,27-,28-,29-,30+,31-,33+,35-,36-/m1/s1. The molecule has 0 bridgehead atoms. The van der Waals surface area contributed by atoms with Gasteiger partial charge in [0.2, 0.25) is 0 Å². The summed E-state index contributed by atoms with van der Waals surface area (Å²) in [6.07, 6.45) is -5.25. The molecule has 0 radical (unpaired) electrons. The second-order valence-electron chi connectivity index (χ2n) is 14.7. The lowest BCUT2D eigenvalue weighted by Gasteiger charge is -2.48. The molecule has 0 saturated carbocycles. The predicted octanol–water partition coefficient (Wildman–Crippen LogP) is 3.45. The van der Waals surface area contributed by atoms with Gasteiger partial charge in [0.25, 0.3) is 0 Å². The topological polar surface area (TPSA) is 175 Å². The average molecular weight is 713 g/mol. The van der Waals surface area contributed by atoms with Crippen LogP contribution in [0.25, 0.3) is 0 Å². The van der Waals surface area contributed by atoms with Gasteiger partial charge >= 0.3 is 12.1 Å². The molecule has 3 rings (SSSR count). The number of furan rings is 1. The maximum Gasteiger partial charge on any atom is 0.407 e. The van der Waals surface area contributed by atoms with Crippen molar-refractivity contribution in [1.29, 1.82) is 0 Å². The molecule has 0 aromatic carbocycles. The van der Waals surface area contributed by atoms with Crippen molar-refractivity contribution in [2.45, 2.75) is 141 Å². The Hall–Kier alpha value is -2.59.